The zero-order valence-electron chi connectivity index (χ0n) is 13.9. The molecule has 3 aromatic rings. The maximum Gasteiger partial charge on any atom is 0.295 e. The Hall–Kier alpha value is -3.09. The number of para-hydroxylation sites is 1. The van der Waals surface area contributed by atoms with Crippen LogP contribution in [0.2, 0.25) is 0 Å². The van der Waals surface area contributed by atoms with Crippen molar-refractivity contribution in [3.8, 4) is 5.69 Å². The fourth-order valence-corrected chi connectivity index (χ4v) is 2.62. The van der Waals surface area contributed by atoms with Crippen LogP contribution in [-0.4, -0.2) is 24.8 Å². The number of rotatable bonds is 4. The average Bonchev–Trinajstić information content (AvgIpc) is 3.05. The maximum absolute atomic E-state index is 12.7. The van der Waals surface area contributed by atoms with Gasteiger partial charge in [-0.15, -0.1) is 0 Å². The molecule has 0 saturated heterocycles. The van der Waals surface area contributed by atoms with E-state index in [1.807, 2.05) is 37.3 Å². The Morgan fingerprint density at radius 3 is 2.54 bits per heavy atom. The lowest BCUT2D eigenvalue weighted by Crippen LogP contribution is -2.25. The lowest BCUT2D eigenvalue weighted by atomic mass is 10.3. The zero-order valence-corrected chi connectivity index (χ0v) is 13.9. The van der Waals surface area contributed by atoms with Crippen LogP contribution in [0.25, 0.3) is 5.69 Å². The Morgan fingerprint density at radius 2 is 1.92 bits per heavy atom. The summed E-state index contributed by atoms with van der Waals surface area (Å²) in [4.78, 5) is 29.1. The summed E-state index contributed by atoms with van der Waals surface area (Å²) in [5.41, 5.74) is 1.49. The average molecular weight is 325 g/mol. The molecule has 2 heterocycles. The van der Waals surface area contributed by atoms with Crippen LogP contribution in [0.4, 0.5) is 5.69 Å². The third-order valence-electron chi connectivity index (χ3n) is 4.06. The lowest BCUT2D eigenvalue weighted by Gasteiger charge is -2.07. The van der Waals surface area contributed by atoms with Crippen molar-refractivity contribution in [2.45, 2.75) is 20.4 Å². The number of hydrogen-bond donors (Lipinski definition) is 1. The quantitative estimate of drug-likeness (QED) is 0.792. The van der Waals surface area contributed by atoms with Crippen LogP contribution in [-0.2, 0) is 18.4 Å². The van der Waals surface area contributed by atoms with Crippen molar-refractivity contribution in [1.82, 2.24) is 18.9 Å². The van der Waals surface area contributed by atoms with E-state index < -0.39 is 0 Å². The molecule has 0 aliphatic rings. The molecule has 7 nitrogen and oxygen atoms in total. The van der Waals surface area contributed by atoms with Crippen LogP contribution in [0.1, 0.15) is 11.5 Å². The first-order valence-corrected chi connectivity index (χ1v) is 7.60. The highest BCUT2D eigenvalue weighted by Gasteiger charge is 2.18. The van der Waals surface area contributed by atoms with Crippen LogP contribution in [0, 0.1) is 13.8 Å². The summed E-state index contributed by atoms with van der Waals surface area (Å²) >= 11 is 0. The number of carbonyl (C=O) groups excluding carboxylic acids is 1. The van der Waals surface area contributed by atoms with Gasteiger partial charge in [0.05, 0.1) is 11.4 Å². The van der Waals surface area contributed by atoms with E-state index >= 15 is 0 Å². The Labute approximate surface area is 139 Å². The van der Waals surface area contributed by atoms with Gasteiger partial charge < -0.3 is 9.88 Å². The number of hydrogen-bond acceptors (Lipinski definition) is 3. The fourth-order valence-electron chi connectivity index (χ4n) is 2.62. The first-order chi connectivity index (χ1) is 11.5. The maximum atomic E-state index is 12.7. The van der Waals surface area contributed by atoms with Gasteiger partial charge in [-0.3, -0.25) is 14.3 Å². The standard InChI is InChI=1S/C17H19N5O2/c1-12-16(19-15(23)11-21-10-9-18-13(21)2)17(24)22(20(12)3)14-7-5-4-6-8-14/h4-10H,11H2,1-3H3,(H,19,23). The summed E-state index contributed by atoms with van der Waals surface area (Å²) in [5.74, 6) is 0.485. The number of nitrogens with one attached hydrogen (secondary N) is 1. The summed E-state index contributed by atoms with van der Waals surface area (Å²) in [7, 11) is 1.79. The van der Waals surface area contributed by atoms with Gasteiger partial charge in [0.2, 0.25) is 5.91 Å². The predicted molar refractivity (Wildman–Crippen MR) is 91.3 cm³/mol. The molecule has 0 bridgehead atoms. The second-order valence-corrected chi connectivity index (χ2v) is 5.59. The van der Waals surface area contributed by atoms with Crippen molar-refractivity contribution in [2.24, 2.45) is 7.05 Å². The molecule has 0 unspecified atom stereocenters. The monoisotopic (exact) mass is 325 g/mol. The topological polar surface area (TPSA) is 73.8 Å². The third kappa shape index (κ3) is 2.76. The van der Waals surface area contributed by atoms with Crippen molar-refractivity contribution >= 4 is 11.6 Å². The van der Waals surface area contributed by atoms with E-state index in [0.717, 1.165) is 11.5 Å². The van der Waals surface area contributed by atoms with E-state index in [1.54, 1.807) is 35.6 Å². The van der Waals surface area contributed by atoms with E-state index in [9.17, 15) is 9.59 Å². The second-order valence-electron chi connectivity index (χ2n) is 5.59. The van der Waals surface area contributed by atoms with Crippen molar-refractivity contribution in [1.29, 1.82) is 0 Å². The highest BCUT2D eigenvalue weighted by molar-refractivity contribution is 5.91. The van der Waals surface area contributed by atoms with Gasteiger partial charge in [-0.1, -0.05) is 18.2 Å². The van der Waals surface area contributed by atoms with Crippen molar-refractivity contribution in [3.05, 3.63) is 64.6 Å². The van der Waals surface area contributed by atoms with Crippen LogP contribution in [0.5, 0.6) is 0 Å². The van der Waals surface area contributed by atoms with Crippen molar-refractivity contribution < 1.29 is 4.79 Å². The molecule has 0 spiro atoms. The summed E-state index contributed by atoms with van der Waals surface area (Å²) in [6, 6.07) is 9.32. The Kier molecular flexibility index (Phi) is 4.07. The molecule has 1 aromatic carbocycles. The number of amides is 1. The normalized spacial score (nSPS) is 10.8. The summed E-state index contributed by atoms with van der Waals surface area (Å²) in [6.07, 6.45) is 3.37. The Balaban J connectivity index is 1.91. The van der Waals surface area contributed by atoms with Gasteiger partial charge in [-0.05, 0) is 26.0 Å². The number of anilines is 1. The van der Waals surface area contributed by atoms with E-state index in [-0.39, 0.29) is 18.0 Å². The minimum atomic E-state index is -0.262. The lowest BCUT2D eigenvalue weighted by molar-refractivity contribution is -0.116. The van der Waals surface area contributed by atoms with Crippen LogP contribution in [0.15, 0.2) is 47.5 Å². The van der Waals surface area contributed by atoms with Crippen molar-refractivity contribution in [3.63, 3.8) is 0 Å². The van der Waals surface area contributed by atoms with Crippen molar-refractivity contribution in [2.75, 3.05) is 5.32 Å². The SMILES string of the molecule is Cc1nccn1CC(=O)Nc1c(C)n(C)n(-c2ccccc2)c1=O. The van der Waals surface area contributed by atoms with Gasteiger partial charge >= 0.3 is 0 Å². The van der Waals surface area contributed by atoms with E-state index in [2.05, 4.69) is 10.3 Å². The molecule has 0 aliphatic carbocycles. The molecule has 0 atom stereocenters. The largest absolute Gasteiger partial charge is 0.326 e. The molecule has 0 aliphatic heterocycles. The van der Waals surface area contributed by atoms with E-state index in [0.29, 0.717) is 11.4 Å². The van der Waals surface area contributed by atoms with Gasteiger partial charge in [0.25, 0.3) is 5.56 Å². The molecule has 1 N–H and O–H groups in total. The van der Waals surface area contributed by atoms with Gasteiger partial charge in [-0.2, -0.15) is 0 Å². The zero-order chi connectivity index (χ0) is 17.3. The molecule has 1 amide bonds. The number of imidazole rings is 1. The number of aromatic nitrogens is 4. The molecule has 0 saturated carbocycles. The third-order valence-corrected chi connectivity index (χ3v) is 4.06. The molecular formula is C17H19N5O2. The second kappa shape index (κ2) is 6.19. The molecule has 2 aromatic heterocycles. The summed E-state index contributed by atoms with van der Waals surface area (Å²) in [5, 5.41) is 2.73. The minimum absolute atomic E-state index is 0.116. The number of nitrogens with zero attached hydrogens (tertiary/aromatic N) is 4. The van der Waals surface area contributed by atoms with Crippen LogP contribution in [0.3, 0.4) is 0 Å². The summed E-state index contributed by atoms with van der Waals surface area (Å²) < 4.78 is 4.99. The summed E-state index contributed by atoms with van der Waals surface area (Å²) in [6.45, 7) is 3.74. The molecule has 0 fully saturated rings. The fraction of sp³-hybridized carbons (Fsp3) is 0.235. The van der Waals surface area contributed by atoms with Gasteiger partial charge in [0, 0.05) is 19.4 Å². The Bertz CT molecular complexity index is 934. The first-order valence-electron chi connectivity index (χ1n) is 7.60. The molecular weight excluding hydrogens is 306 g/mol. The Morgan fingerprint density at radius 1 is 1.21 bits per heavy atom. The van der Waals surface area contributed by atoms with Crippen LogP contribution >= 0.6 is 0 Å². The predicted octanol–water partition coefficient (Wildman–Crippen LogP) is 1.63. The minimum Gasteiger partial charge on any atom is -0.326 e. The van der Waals surface area contributed by atoms with Gasteiger partial charge in [-0.25, -0.2) is 9.67 Å². The number of carbonyl (C=O) groups is 1. The molecule has 124 valence electrons. The van der Waals surface area contributed by atoms with Gasteiger partial charge in [0.1, 0.15) is 18.1 Å². The van der Waals surface area contributed by atoms with E-state index in [4.69, 9.17) is 0 Å². The van der Waals surface area contributed by atoms with Gasteiger partial charge in [0.15, 0.2) is 0 Å². The molecule has 0 radical (unpaired) electrons. The smallest absolute Gasteiger partial charge is 0.295 e. The number of aryl methyl sites for hydroxylation is 1. The molecule has 3 rings (SSSR count). The van der Waals surface area contributed by atoms with Crippen LogP contribution < -0.4 is 10.9 Å². The first kappa shape index (κ1) is 15.8. The van der Waals surface area contributed by atoms with E-state index in [1.165, 1.54) is 4.68 Å². The number of benzene rings is 1. The highest BCUT2D eigenvalue weighted by Crippen LogP contribution is 2.14. The molecule has 7 heteroatoms. The highest BCUT2D eigenvalue weighted by atomic mass is 16.2. The molecule has 24 heavy (non-hydrogen) atoms.